The van der Waals surface area contributed by atoms with E-state index in [4.69, 9.17) is 10.5 Å². The van der Waals surface area contributed by atoms with Gasteiger partial charge in [-0.15, -0.1) is 0 Å². The van der Waals surface area contributed by atoms with Crippen LogP contribution in [0.2, 0.25) is 0 Å². The van der Waals surface area contributed by atoms with Gasteiger partial charge in [0.15, 0.2) is 0 Å². The van der Waals surface area contributed by atoms with Gasteiger partial charge in [-0.2, -0.15) is 0 Å². The topological polar surface area (TPSA) is 35.2 Å². The molecule has 0 unspecified atom stereocenters. The average Bonchev–Trinajstić information content (AvgIpc) is 1.97. The van der Waals surface area contributed by atoms with E-state index in [2.05, 4.69) is 6.07 Å². The highest BCUT2D eigenvalue weighted by molar-refractivity contribution is 5.54. The van der Waals surface area contributed by atoms with Crippen molar-refractivity contribution in [3.63, 3.8) is 0 Å². The summed E-state index contributed by atoms with van der Waals surface area (Å²) < 4.78 is 5.79. The molecule has 0 saturated carbocycles. The number of benzene rings is 1. The number of nitrogens with two attached hydrogens (primary N) is 1. The SMILES string of the molecule is Cc1cc(C)c(OC(C)(C)C)cc1N. The number of nitrogen functional groups attached to an aromatic ring is 1. The molecule has 1 rings (SSSR count). The lowest BCUT2D eigenvalue weighted by molar-refractivity contribution is 0.130. The summed E-state index contributed by atoms with van der Waals surface area (Å²) in [5.74, 6) is 0.876. The summed E-state index contributed by atoms with van der Waals surface area (Å²) in [6.45, 7) is 10.1. The smallest absolute Gasteiger partial charge is 0.125 e. The molecule has 0 spiro atoms. The van der Waals surface area contributed by atoms with E-state index < -0.39 is 0 Å². The number of aryl methyl sites for hydroxylation is 2. The number of rotatable bonds is 1. The lowest BCUT2D eigenvalue weighted by Gasteiger charge is -2.23. The Morgan fingerprint density at radius 1 is 1.07 bits per heavy atom. The third kappa shape index (κ3) is 2.66. The van der Waals surface area contributed by atoms with Gasteiger partial charge in [-0.25, -0.2) is 0 Å². The Hall–Kier alpha value is -1.18. The van der Waals surface area contributed by atoms with Crippen molar-refractivity contribution in [1.29, 1.82) is 0 Å². The molecule has 2 N–H and O–H groups in total. The summed E-state index contributed by atoms with van der Waals surface area (Å²) in [6, 6.07) is 3.95. The maximum Gasteiger partial charge on any atom is 0.125 e. The molecule has 2 nitrogen and oxygen atoms in total. The largest absolute Gasteiger partial charge is 0.488 e. The van der Waals surface area contributed by atoms with Gasteiger partial charge in [0.2, 0.25) is 0 Å². The van der Waals surface area contributed by atoms with Crippen molar-refractivity contribution in [3.05, 3.63) is 23.3 Å². The third-order valence-corrected chi connectivity index (χ3v) is 1.98. The zero-order valence-corrected chi connectivity index (χ0v) is 9.64. The first-order valence-corrected chi connectivity index (χ1v) is 4.85. The Morgan fingerprint density at radius 2 is 1.64 bits per heavy atom. The molecule has 0 fully saturated rings. The molecule has 0 aliphatic heterocycles. The monoisotopic (exact) mass is 193 g/mol. The normalized spacial score (nSPS) is 11.5. The van der Waals surface area contributed by atoms with Crippen LogP contribution in [0.3, 0.4) is 0 Å². The zero-order valence-electron chi connectivity index (χ0n) is 9.64. The van der Waals surface area contributed by atoms with E-state index in [-0.39, 0.29) is 5.60 Å². The van der Waals surface area contributed by atoms with Crippen molar-refractivity contribution in [2.75, 3.05) is 5.73 Å². The molecule has 0 saturated heterocycles. The molecule has 0 radical (unpaired) electrons. The summed E-state index contributed by atoms with van der Waals surface area (Å²) >= 11 is 0. The standard InChI is InChI=1S/C12H19NO/c1-8-6-9(2)11(7-10(8)13)14-12(3,4)5/h6-7H,13H2,1-5H3. The fourth-order valence-electron chi connectivity index (χ4n) is 1.29. The van der Waals surface area contributed by atoms with Gasteiger partial charge in [-0.1, -0.05) is 6.07 Å². The van der Waals surface area contributed by atoms with Gasteiger partial charge in [0.1, 0.15) is 11.4 Å². The minimum Gasteiger partial charge on any atom is -0.488 e. The van der Waals surface area contributed by atoms with E-state index in [1.165, 1.54) is 0 Å². The fraction of sp³-hybridized carbons (Fsp3) is 0.500. The van der Waals surface area contributed by atoms with Gasteiger partial charge < -0.3 is 10.5 Å². The predicted molar refractivity (Wildman–Crippen MR) is 60.7 cm³/mol. The van der Waals surface area contributed by atoms with E-state index in [0.29, 0.717) is 0 Å². The second-order valence-corrected chi connectivity index (χ2v) is 4.69. The maximum absolute atomic E-state index is 5.83. The summed E-state index contributed by atoms with van der Waals surface area (Å²) in [7, 11) is 0. The molecule has 0 heterocycles. The van der Waals surface area contributed by atoms with Crippen LogP contribution < -0.4 is 10.5 Å². The highest BCUT2D eigenvalue weighted by Gasteiger charge is 2.13. The lowest BCUT2D eigenvalue weighted by atomic mass is 10.1. The molecule has 2 heteroatoms. The fourth-order valence-corrected chi connectivity index (χ4v) is 1.29. The highest BCUT2D eigenvalue weighted by Crippen LogP contribution is 2.27. The molecular formula is C12H19NO. The molecule has 78 valence electrons. The first kappa shape index (κ1) is 10.9. The van der Waals surface area contributed by atoms with Crippen molar-refractivity contribution >= 4 is 5.69 Å². The molecule has 0 atom stereocenters. The third-order valence-electron chi connectivity index (χ3n) is 1.98. The van der Waals surface area contributed by atoms with Crippen LogP contribution in [-0.2, 0) is 0 Å². The van der Waals surface area contributed by atoms with Crippen molar-refractivity contribution in [1.82, 2.24) is 0 Å². The summed E-state index contributed by atoms with van der Waals surface area (Å²) in [4.78, 5) is 0. The van der Waals surface area contributed by atoms with Crippen molar-refractivity contribution in [3.8, 4) is 5.75 Å². The predicted octanol–water partition coefficient (Wildman–Crippen LogP) is 3.06. The van der Waals surface area contributed by atoms with E-state index in [1.54, 1.807) is 0 Å². The van der Waals surface area contributed by atoms with Crippen LogP contribution in [0.4, 0.5) is 5.69 Å². The molecule has 0 aromatic heterocycles. The van der Waals surface area contributed by atoms with Crippen LogP contribution in [0.1, 0.15) is 31.9 Å². The molecular weight excluding hydrogens is 174 g/mol. The van der Waals surface area contributed by atoms with E-state index in [1.807, 2.05) is 40.7 Å². The molecule has 0 aliphatic carbocycles. The van der Waals surface area contributed by atoms with Crippen molar-refractivity contribution in [2.24, 2.45) is 0 Å². The molecule has 0 bridgehead atoms. The first-order valence-electron chi connectivity index (χ1n) is 4.85. The molecule has 0 amide bonds. The van der Waals surface area contributed by atoms with E-state index >= 15 is 0 Å². The lowest BCUT2D eigenvalue weighted by Crippen LogP contribution is -2.23. The minimum absolute atomic E-state index is 0.174. The van der Waals surface area contributed by atoms with Crippen LogP contribution in [0.15, 0.2) is 12.1 Å². The zero-order chi connectivity index (χ0) is 10.9. The summed E-state index contributed by atoms with van der Waals surface area (Å²) in [5.41, 5.74) is 8.67. The van der Waals surface area contributed by atoms with Gasteiger partial charge in [0.05, 0.1) is 0 Å². The van der Waals surface area contributed by atoms with Crippen LogP contribution in [0.25, 0.3) is 0 Å². The van der Waals surface area contributed by atoms with Crippen molar-refractivity contribution < 1.29 is 4.74 Å². The van der Waals surface area contributed by atoms with Crippen molar-refractivity contribution in [2.45, 2.75) is 40.2 Å². The van der Waals surface area contributed by atoms with Gasteiger partial charge in [-0.3, -0.25) is 0 Å². The molecule has 1 aromatic rings. The van der Waals surface area contributed by atoms with E-state index in [0.717, 1.165) is 22.6 Å². The van der Waals surface area contributed by atoms with Gasteiger partial charge in [-0.05, 0) is 45.7 Å². The summed E-state index contributed by atoms with van der Waals surface area (Å²) in [6.07, 6.45) is 0. The number of hydrogen-bond acceptors (Lipinski definition) is 2. The average molecular weight is 193 g/mol. The Kier molecular flexibility index (Phi) is 2.74. The first-order chi connectivity index (χ1) is 6.29. The Balaban J connectivity index is 3.04. The second-order valence-electron chi connectivity index (χ2n) is 4.69. The van der Waals surface area contributed by atoms with Crippen LogP contribution >= 0.6 is 0 Å². The number of ether oxygens (including phenoxy) is 1. The van der Waals surface area contributed by atoms with Gasteiger partial charge >= 0.3 is 0 Å². The molecule has 0 aliphatic rings. The van der Waals surface area contributed by atoms with Gasteiger partial charge in [0, 0.05) is 11.8 Å². The van der Waals surface area contributed by atoms with Gasteiger partial charge in [0.25, 0.3) is 0 Å². The second kappa shape index (κ2) is 3.52. The van der Waals surface area contributed by atoms with Crippen LogP contribution in [0, 0.1) is 13.8 Å². The number of anilines is 1. The van der Waals surface area contributed by atoms with E-state index in [9.17, 15) is 0 Å². The van der Waals surface area contributed by atoms with Crippen LogP contribution in [0.5, 0.6) is 5.75 Å². The Morgan fingerprint density at radius 3 is 2.14 bits per heavy atom. The maximum atomic E-state index is 5.83. The quantitative estimate of drug-likeness (QED) is 0.696. The van der Waals surface area contributed by atoms with Crippen LogP contribution in [-0.4, -0.2) is 5.60 Å². The summed E-state index contributed by atoms with van der Waals surface area (Å²) in [5, 5.41) is 0. The number of hydrogen-bond donors (Lipinski definition) is 1. The molecule has 14 heavy (non-hydrogen) atoms. The highest BCUT2D eigenvalue weighted by atomic mass is 16.5. The Bertz CT molecular complexity index is 337. The Labute approximate surface area is 86.1 Å². The minimum atomic E-state index is -0.174. The molecule has 1 aromatic carbocycles.